The topological polar surface area (TPSA) is 69.5 Å². The zero-order valence-electron chi connectivity index (χ0n) is 19.4. The fourth-order valence-electron chi connectivity index (χ4n) is 4.56. The molecule has 1 aliphatic heterocycles. The van der Waals surface area contributed by atoms with Crippen molar-refractivity contribution in [2.24, 2.45) is 0 Å². The number of carbonyl (C=O) groups is 1. The van der Waals surface area contributed by atoms with E-state index < -0.39 is 0 Å². The van der Waals surface area contributed by atoms with Gasteiger partial charge in [0.1, 0.15) is 6.33 Å². The molecule has 0 saturated heterocycles. The largest absolute Gasteiger partial charge is 0.493 e. The number of amides is 1. The van der Waals surface area contributed by atoms with Crippen LogP contribution in [0.5, 0.6) is 11.5 Å². The van der Waals surface area contributed by atoms with E-state index >= 15 is 0 Å². The van der Waals surface area contributed by atoms with E-state index in [4.69, 9.17) is 9.47 Å². The Bertz CT molecular complexity index is 1300. The molecule has 2 atom stereocenters. The first-order valence-corrected chi connectivity index (χ1v) is 11.2. The Balaban J connectivity index is 1.63. The second-order valence-electron chi connectivity index (χ2n) is 8.34. The van der Waals surface area contributed by atoms with Crippen LogP contribution in [-0.2, 0) is 0 Å². The molecular weight excluding hydrogens is 428 g/mol. The molecule has 1 aliphatic rings. The van der Waals surface area contributed by atoms with Crippen LogP contribution in [-0.4, -0.2) is 34.9 Å². The van der Waals surface area contributed by atoms with Crippen molar-refractivity contribution in [3.63, 3.8) is 0 Å². The molecule has 2 heterocycles. The summed E-state index contributed by atoms with van der Waals surface area (Å²) in [6.07, 6.45) is 2.18. The number of hydrogen-bond acceptors (Lipinski definition) is 5. The van der Waals surface area contributed by atoms with E-state index in [2.05, 4.69) is 53.4 Å². The molecule has 0 radical (unpaired) electrons. The Labute approximate surface area is 198 Å². The zero-order chi connectivity index (χ0) is 23.7. The molecule has 7 nitrogen and oxygen atoms in total. The summed E-state index contributed by atoms with van der Waals surface area (Å²) >= 11 is 0. The lowest BCUT2D eigenvalue weighted by atomic mass is 9.91. The van der Waals surface area contributed by atoms with E-state index in [1.807, 2.05) is 22.9 Å². The smallest absolute Gasteiger partial charge is 0.261 e. The number of aryl methyl sites for hydroxylation is 1. The van der Waals surface area contributed by atoms with E-state index in [0.29, 0.717) is 29.4 Å². The second-order valence-corrected chi connectivity index (χ2v) is 8.34. The SMILES string of the molecule is COc1ccc(C(=O)N2c3ncnn3[C@H](c3ccccc3)C[C@H]2c2ccc(C)cc2)cc1OC. The molecule has 34 heavy (non-hydrogen) atoms. The number of methoxy groups -OCH3 is 2. The highest BCUT2D eigenvalue weighted by molar-refractivity contribution is 6.06. The molecule has 0 fully saturated rings. The minimum absolute atomic E-state index is 0.0422. The summed E-state index contributed by atoms with van der Waals surface area (Å²) in [6, 6.07) is 23.5. The van der Waals surface area contributed by atoms with Crippen LogP contribution in [0.1, 0.15) is 45.6 Å². The molecule has 172 valence electrons. The average molecular weight is 455 g/mol. The van der Waals surface area contributed by atoms with Crippen molar-refractivity contribution in [3.8, 4) is 11.5 Å². The number of aromatic nitrogens is 3. The van der Waals surface area contributed by atoms with Crippen LogP contribution in [0.25, 0.3) is 0 Å². The van der Waals surface area contributed by atoms with Gasteiger partial charge in [0.2, 0.25) is 5.95 Å². The first-order valence-electron chi connectivity index (χ1n) is 11.2. The fraction of sp³-hybridized carbons (Fsp3) is 0.222. The number of fused-ring (bicyclic) bond motifs is 1. The van der Waals surface area contributed by atoms with Gasteiger partial charge in [0.25, 0.3) is 5.91 Å². The lowest BCUT2D eigenvalue weighted by molar-refractivity contribution is 0.0963. The predicted molar refractivity (Wildman–Crippen MR) is 129 cm³/mol. The number of hydrogen-bond donors (Lipinski definition) is 0. The van der Waals surface area contributed by atoms with E-state index in [1.165, 1.54) is 11.9 Å². The molecule has 0 spiro atoms. The Kier molecular flexibility index (Phi) is 5.76. The van der Waals surface area contributed by atoms with Gasteiger partial charge in [-0.15, -0.1) is 0 Å². The predicted octanol–water partition coefficient (Wildman–Crippen LogP) is 4.98. The van der Waals surface area contributed by atoms with E-state index in [9.17, 15) is 4.79 Å². The number of carbonyl (C=O) groups excluding carboxylic acids is 1. The standard InChI is InChI=1S/C27H26N4O3/c1-18-9-11-20(12-10-18)22-16-23(19-7-5-4-6-8-19)31-27(28-17-29-31)30(22)26(32)21-13-14-24(33-2)25(15-21)34-3/h4-15,17,22-23H,16H2,1-3H3/t22-,23-/m0/s1. The van der Waals surface area contributed by atoms with Gasteiger partial charge in [0.15, 0.2) is 11.5 Å². The highest BCUT2D eigenvalue weighted by atomic mass is 16.5. The lowest BCUT2D eigenvalue weighted by Gasteiger charge is -2.39. The van der Waals surface area contributed by atoms with Crippen molar-refractivity contribution < 1.29 is 14.3 Å². The van der Waals surface area contributed by atoms with Crippen LogP contribution in [0.4, 0.5) is 5.95 Å². The average Bonchev–Trinajstić information content (AvgIpc) is 3.37. The monoisotopic (exact) mass is 454 g/mol. The third kappa shape index (κ3) is 3.79. The molecule has 7 heteroatoms. The molecule has 3 aromatic carbocycles. The van der Waals surface area contributed by atoms with Gasteiger partial charge in [-0.3, -0.25) is 9.69 Å². The van der Waals surface area contributed by atoms with Crippen LogP contribution < -0.4 is 14.4 Å². The lowest BCUT2D eigenvalue weighted by Crippen LogP contribution is -2.42. The first-order chi connectivity index (χ1) is 16.6. The third-order valence-electron chi connectivity index (χ3n) is 6.32. The van der Waals surface area contributed by atoms with Crippen LogP contribution >= 0.6 is 0 Å². The van der Waals surface area contributed by atoms with E-state index in [1.54, 1.807) is 37.3 Å². The van der Waals surface area contributed by atoms with Crippen LogP contribution in [0.15, 0.2) is 79.1 Å². The Morgan fingerprint density at radius 1 is 0.882 bits per heavy atom. The highest BCUT2D eigenvalue weighted by Gasteiger charge is 2.39. The molecule has 0 N–H and O–H groups in total. The summed E-state index contributed by atoms with van der Waals surface area (Å²) in [6.45, 7) is 2.06. The van der Waals surface area contributed by atoms with Crippen LogP contribution in [0, 0.1) is 6.92 Å². The third-order valence-corrected chi connectivity index (χ3v) is 6.32. The zero-order valence-corrected chi connectivity index (χ0v) is 19.4. The highest BCUT2D eigenvalue weighted by Crippen LogP contribution is 2.43. The molecule has 1 amide bonds. The quantitative estimate of drug-likeness (QED) is 0.425. The van der Waals surface area contributed by atoms with Crippen molar-refractivity contribution in [2.75, 3.05) is 19.1 Å². The Hall–Kier alpha value is -4.13. The van der Waals surface area contributed by atoms with Gasteiger partial charge in [-0.2, -0.15) is 10.1 Å². The minimum atomic E-state index is -0.219. The van der Waals surface area contributed by atoms with E-state index in [0.717, 1.165) is 11.1 Å². The van der Waals surface area contributed by atoms with Gasteiger partial charge < -0.3 is 9.47 Å². The fourth-order valence-corrected chi connectivity index (χ4v) is 4.56. The van der Waals surface area contributed by atoms with Crippen LogP contribution in [0.3, 0.4) is 0 Å². The molecule has 5 rings (SSSR count). The van der Waals surface area contributed by atoms with Gasteiger partial charge in [0, 0.05) is 5.56 Å². The molecule has 0 saturated carbocycles. The van der Waals surface area contributed by atoms with Crippen LogP contribution in [0.2, 0.25) is 0 Å². The van der Waals surface area contributed by atoms with Gasteiger partial charge >= 0.3 is 0 Å². The summed E-state index contributed by atoms with van der Waals surface area (Å²) in [5.74, 6) is 1.42. The maximum Gasteiger partial charge on any atom is 0.261 e. The maximum absolute atomic E-state index is 14.0. The molecule has 0 aliphatic carbocycles. The molecular formula is C27H26N4O3. The number of anilines is 1. The molecule has 0 unspecified atom stereocenters. The van der Waals surface area contributed by atoms with Gasteiger partial charge in [-0.1, -0.05) is 60.2 Å². The summed E-state index contributed by atoms with van der Waals surface area (Å²) in [5.41, 5.74) is 3.83. The van der Waals surface area contributed by atoms with Crippen molar-refractivity contribution in [1.82, 2.24) is 14.8 Å². The van der Waals surface area contributed by atoms with Crippen molar-refractivity contribution in [3.05, 3.63) is 101 Å². The minimum Gasteiger partial charge on any atom is -0.493 e. The summed E-state index contributed by atoms with van der Waals surface area (Å²) in [4.78, 5) is 20.2. The summed E-state index contributed by atoms with van der Waals surface area (Å²) in [5, 5.41) is 4.51. The Morgan fingerprint density at radius 2 is 1.59 bits per heavy atom. The van der Waals surface area contributed by atoms with Gasteiger partial charge in [-0.05, 0) is 42.7 Å². The van der Waals surface area contributed by atoms with E-state index in [-0.39, 0.29) is 18.0 Å². The Morgan fingerprint density at radius 3 is 2.29 bits per heavy atom. The number of rotatable bonds is 5. The summed E-state index contributed by atoms with van der Waals surface area (Å²) in [7, 11) is 3.13. The summed E-state index contributed by atoms with van der Waals surface area (Å²) < 4.78 is 12.6. The number of nitrogens with zero attached hydrogens (tertiary/aromatic N) is 4. The number of ether oxygens (including phenoxy) is 2. The second kappa shape index (κ2) is 9.02. The van der Waals surface area contributed by atoms with Crippen molar-refractivity contribution in [1.29, 1.82) is 0 Å². The van der Waals surface area contributed by atoms with Gasteiger partial charge in [-0.25, -0.2) is 4.68 Å². The molecule has 4 aromatic rings. The van der Waals surface area contributed by atoms with Crippen molar-refractivity contribution in [2.45, 2.75) is 25.4 Å². The number of benzene rings is 3. The molecule has 1 aromatic heterocycles. The molecule has 0 bridgehead atoms. The van der Waals surface area contributed by atoms with Crippen molar-refractivity contribution >= 4 is 11.9 Å². The first kappa shape index (κ1) is 21.7. The normalized spacial score (nSPS) is 17.2. The van der Waals surface area contributed by atoms with Gasteiger partial charge in [0.05, 0.1) is 26.3 Å². The maximum atomic E-state index is 14.0.